The Morgan fingerprint density at radius 2 is 1.83 bits per heavy atom. The summed E-state index contributed by atoms with van der Waals surface area (Å²) in [5.41, 5.74) is 0.490. The average Bonchev–Trinajstić information content (AvgIpc) is 3.26. The number of esters is 1. The fourth-order valence-electron chi connectivity index (χ4n) is 4.41. The van der Waals surface area contributed by atoms with Crippen LogP contribution in [0.25, 0.3) is 0 Å². The van der Waals surface area contributed by atoms with Crippen molar-refractivity contribution in [3.05, 3.63) is 74.6 Å². The smallest absolute Gasteiger partial charge is 0.416 e. The highest BCUT2D eigenvalue weighted by Gasteiger charge is 2.32. The predicted molar refractivity (Wildman–Crippen MR) is 151 cm³/mol. The van der Waals surface area contributed by atoms with Crippen LogP contribution in [0.3, 0.4) is 0 Å². The number of carbonyl (C=O) groups excluding carboxylic acids is 3. The molecule has 12 heteroatoms. The van der Waals surface area contributed by atoms with E-state index in [1.807, 2.05) is 0 Å². The van der Waals surface area contributed by atoms with Crippen molar-refractivity contribution in [3.63, 3.8) is 0 Å². The zero-order chi connectivity index (χ0) is 29.9. The van der Waals surface area contributed by atoms with Crippen molar-refractivity contribution in [2.45, 2.75) is 52.3 Å². The second-order valence-electron chi connectivity index (χ2n) is 9.70. The van der Waals surface area contributed by atoms with Crippen LogP contribution in [0.5, 0.6) is 5.75 Å². The van der Waals surface area contributed by atoms with Gasteiger partial charge in [-0.25, -0.2) is 4.79 Å². The quantitative estimate of drug-likeness (QED) is 0.260. The molecule has 0 fully saturated rings. The summed E-state index contributed by atoms with van der Waals surface area (Å²) in [4.78, 5) is 39.4. The molecule has 4 rings (SSSR count). The van der Waals surface area contributed by atoms with Crippen molar-refractivity contribution >= 4 is 51.4 Å². The Morgan fingerprint density at radius 1 is 1.12 bits per heavy atom. The van der Waals surface area contributed by atoms with E-state index in [2.05, 4.69) is 17.6 Å². The molecule has 1 aliphatic carbocycles. The maximum Gasteiger partial charge on any atom is 0.416 e. The van der Waals surface area contributed by atoms with Crippen LogP contribution in [-0.4, -0.2) is 30.5 Å². The molecular formula is C29H28ClF3N2O5S. The van der Waals surface area contributed by atoms with Gasteiger partial charge in [-0.2, -0.15) is 13.2 Å². The molecule has 1 aromatic heterocycles. The van der Waals surface area contributed by atoms with E-state index >= 15 is 0 Å². The highest BCUT2D eigenvalue weighted by molar-refractivity contribution is 7.17. The van der Waals surface area contributed by atoms with E-state index < -0.39 is 35.6 Å². The van der Waals surface area contributed by atoms with Gasteiger partial charge in [-0.3, -0.25) is 9.59 Å². The van der Waals surface area contributed by atoms with Crippen LogP contribution in [0.15, 0.2) is 42.5 Å². The third-order valence-electron chi connectivity index (χ3n) is 6.57. The number of halogens is 4. The number of ether oxygens (including phenoxy) is 2. The summed E-state index contributed by atoms with van der Waals surface area (Å²) in [6.45, 7) is 5.52. The van der Waals surface area contributed by atoms with Gasteiger partial charge in [0.05, 0.1) is 28.4 Å². The first-order valence-electron chi connectivity index (χ1n) is 12.9. The number of thiophene rings is 1. The van der Waals surface area contributed by atoms with Gasteiger partial charge >= 0.3 is 12.1 Å². The number of carbonyl (C=O) groups is 3. The minimum atomic E-state index is -4.60. The molecule has 2 aromatic carbocycles. The summed E-state index contributed by atoms with van der Waals surface area (Å²) in [5, 5.41) is 5.59. The zero-order valence-electron chi connectivity index (χ0n) is 22.5. The molecule has 7 nitrogen and oxygen atoms in total. The normalized spacial score (nSPS) is 15.4. The number of alkyl halides is 3. The van der Waals surface area contributed by atoms with E-state index in [1.54, 1.807) is 6.92 Å². The van der Waals surface area contributed by atoms with Gasteiger partial charge in [0.15, 0.2) is 6.10 Å². The number of amides is 2. The highest BCUT2D eigenvalue weighted by atomic mass is 35.5. The maximum absolute atomic E-state index is 13.0. The fourth-order valence-corrected chi connectivity index (χ4v) is 5.97. The van der Waals surface area contributed by atoms with Gasteiger partial charge in [0, 0.05) is 10.4 Å². The summed E-state index contributed by atoms with van der Waals surface area (Å²) in [7, 11) is 0. The van der Waals surface area contributed by atoms with E-state index in [0.717, 1.165) is 47.9 Å². The standard InChI is InChI=1S/C29H28ClF3N2O5S/c1-4-39-28(38)24-20-11-5-15(2)13-23(20)41-27(24)35-26(37)17-6-9-19(10-7-17)40-16(3)25(36)34-22-14-18(29(31,32)33)8-12-21(22)30/h6-10,12,14-16H,4-5,11,13H2,1-3H3,(H,34,36)(H,35,37). The molecule has 3 aromatic rings. The Bertz CT molecular complexity index is 1460. The molecule has 0 saturated carbocycles. The topological polar surface area (TPSA) is 93.7 Å². The SMILES string of the molecule is CCOC(=O)c1c(NC(=O)c2ccc(OC(C)C(=O)Nc3cc(C(F)(F)F)ccc3Cl)cc2)sc2c1CCC(C)C2. The van der Waals surface area contributed by atoms with Crippen molar-refractivity contribution < 1.29 is 37.0 Å². The van der Waals surface area contributed by atoms with Gasteiger partial charge in [0.1, 0.15) is 10.8 Å². The monoisotopic (exact) mass is 608 g/mol. The number of anilines is 2. The van der Waals surface area contributed by atoms with Gasteiger partial charge in [-0.05, 0) is 87.1 Å². The molecule has 0 aliphatic heterocycles. The minimum Gasteiger partial charge on any atom is -0.481 e. The number of fused-ring (bicyclic) bond motifs is 1. The number of hydrogen-bond acceptors (Lipinski definition) is 6. The summed E-state index contributed by atoms with van der Waals surface area (Å²) < 4.78 is 49.9. The number of rotatable bonds is 8. The summed E-state index contributed by atoms with van der Waals surface area (Å²) in [5.74, 6) is -0.863. The molecule has 1 heterocycles. The van der Waals surface area contributed by atoms with Crippen LogP contribution in [0.2, 0.25) is 5.02 Å². The van der Waals surface area contributed by atoms with Crippen LogP contribution in [0, 0.1) is 5.92 Å². The molecule has 2 unspecified atom stereocenters. The van der Waals surface area contributed by atoms with Gasteiger partial charge < -0.3 is 20.1 Å². The highest BCUT2D eigenvalue weighted by Crippen LogP contribution is 2.40. The molecule has 0 bridgehead atoms. The molecule has 2 amide bonds. The Labute approximate surface area is 244 Å². The van der Waals surface area contributed by atoms with Crippen molar-refractivity contribution in [3.8, 4) is 5.75 Å². The minimum absolute atomic E-state index is 0.0545. The third kappa shape index (κ3) is 7.20. The molecule has 2 N–H and O–H groups in total. The summed E-state index contributed by atoms with van der Waals surface area (Å²) in [6.07, 6.45) is -3.15. The molecule has 0 saturated heterocycles. The lowest BCUT2D eigenvalue weighted by Crippen LogP contribution is -2.30. The second-order valence-corrected chi connectivity index (χ2v) is 11.2. The molecule has 1 aliphatic rings. The van der Waals surface area contributed by atoms with E-state index in [9.17, 15) is 27.6 Å². The van der Waals surface area contributed by atoms with Gasteiger partial charge in [0.25, 0.3) is 11.8 Å². The lowest BCUT2D eigenvalue weighted by Gasteiger charge is -2.18. The van der Waals surface area contributed by atoms with Crippen LogP contribution in [0.4, 0.5) is 23.9 Å². The number of nitrogens with one attached hydrogen (secondary N) is 2. The Kier molecular flexibility index (Phi) is 9.28. The van der Waals surface area contributed by atoms with E-state index in [4.69, 9.17) is 21.1 Å². The first-order valence-corrected chi connectivity index (χ1v) is 14.1. The summed E-state index contributed by atoms with van der Waals surface area (Å²) >= 11 is 7.34. The van der Waals surface area contributed by atoms with Crippen LogP contribution >= 0.6 is 22.9 Å². The first-order chi connectivity index (χ1) is 19.4. The fraction of sp³-hybridized carbons (Fsp3) is 0.345. The van der Waals surface area contributed by atoms with E-state index in [1.165, 1.54) is 42.5 Å². The molecule has 41 heavy (non-hydrogen) atoms. The molecular weight excluding hydrogens is 581 g/mol. The lowest BCUT2D eigenvalue weighted by molar-refractivity contribution is -0.137. The van der Waals surface area contributed by atoms with E-state index in [-0.39, 0.29) is 23.1 Å². The largest absolute Gasteiger partial charge is 0.481 e. The maximum atomic E-state index is 13.0. The molecule has 0 spiro atoms. The van der Waals surface area contributed by atoms with E-state index in [0.29, 0.717) is 22.0 Å². The lowest BCUT2D eigenvalue weighted by atomic mass is 9.88. The van der Waals surface area contributed by atoms with Crippen molar-refractivity contribution in [2.75, 3.05) is 17.2 Å². The molecule has 0 radical (unpaired) electrons. The van der Waals surface area contributed by atoms with Gasteiger partial charge in [0.2, 0.25) is 0 Å². The Hall–Kier alpha value is -3.57. The van der Waals surface area contributed by atoms with Crippen molar-refractivity contribution in [1.29, 1.82) is 0 Å². The molecule has 2 atom stereocenters. The molecule has 218 valence electrons. The Balaban J connectivity index is 1.42. The first kappa shape index (κ1) is 30.4. The predicted octanol–water partition coefficient (Wildman–Crippen LogP) is 7.38. The summed E-state index contributed by atoms with van der Waals surface area (Å²) in [6, 6.07) is 8.60. The number of hydrogen-bond donors (Lipinski definition) is 2. The average molecular weight is 609 g/mol. The third-order valence-corrected chi connectivity index (χ3v) is 8.07. The van der Waals surface area contributed by atoms with Crippen molar-refractivity contribution in [1.82, 2.24) is 0 Å². The number of benzene rings is 2. The van der Waals surface area contributed by atoms with Crippen molar-refractivity contribution in [2.24, 2.45) is 5.92 Å². The van der Waals surface area contributed by atoms with Crippen LogP contribution in [-0.2, 0) is 28.5 Å². The van der Waals surface area contributed by atoms with Crippen LogP contribution < -0.4 is 15.4 Å². The van der Waals surface area contributed by atoms with Gasteiger partial charge in [-0.15, -0.1) is 11.3 Å². The zero-order valence-corrected chi connectivity index (χ0v) is 24.1. The van der Waals surface area contributed by atoms with Crippen LogP contribution in [0.1, 0.15) is 63.9 Å². The second kappa shape index (κ2) is 12.5. The van der Waals surface area contributed by atoms with Gasteiger partial charge in [-0.1, -0.05) is 18.5 Å². The Morgan fingerprint density at radius 3 is 2.49 bits per heavy atom.